The van der Waals surface area contributed by atoms with E-state index in [0.717, 1.165) is 16.7 Å². The van der Waals surface area contributed by atoms with Gasteiger partial charge in [-0.05, 0) is 45.0 Å². The lowest BCUT2D eigenvalue weighted by Crippen LogP contribution is -2.09. The van der Waals surface area contributed by atoms with Crippen molar-refractivity contribution in [1.29, 1.82) is 0 Å². The van der Waals surface area contributed by atoms with Crippen LogP contribution in [-0.4, -0.2) is 16.2 Å². The highest BCUT2D eigenvalue weighted by Crippen LogP contribution is 2.23. The first-order valence-electron chi connectivity index (χ1n) is 7.71. The summed E-state index contributed by atoms with van der Waals surface area (Å²) in [6.45, 7) is 5.64. The van der Waals surface area contributed by atoms with E-state index in [9.17, 15) is 4.79 Å². The summed E-state index contributed by atoms with van der Waals surface area (Å²) < 4.78 is 11.0. The van der Waals surface area contributed by atoms with Crippen LogP contribution in [-0.2, 0) is 4.74 Å². The Hall–Kier alpha value is -2.95. The van der Waals surface area contributed by atoms with Crippen molar-refractivity contribution in [3.05, 3.63) is 71.1 Å². The number of ether oxygens (including phenoxy) is 1. The highest BCUT2D eigenvalue weighted by molar-refractivity contribution is 5.89. The monoisotopic (exact) mass is 322 g/mol. The van der Waals surface area contributed by atoms with Crippen molar-refractivity contribution < 1.29 is 13.9 Å². The molecule has 5 heteroatoms. The molecule has 5 nitrogen and oxygen atoms in total. The number of hydrogen-bond donors (Lipinski definition) is 0. The average molecular weight is 322 g/mol. The Morgan fingerprint density at radius 2 is 1.79 bits per heavy atom. The molecule has 0 spiro atoms. The number of esters is 1. The maximum absolute atomic E-state index is 12.2. The Kier molecular flexibility index (Phi) is 4.42. The van der Waals surface area contributed by atoms with Gasteiger partial charge >= 0.3 is 5.97 Å². The van der Waals surface area contributed by atoms with E-state index in [-0.39, 0.29) is 5.89 Å². The number of rotatable bonds is 4. The van der Waals surface area contributed by atoms with Gasteiger partial charge in [0, 0.05) is 5.56 Å². The van der Waals surface area contributed by atoms with Crippen LogP contribution >= 0.6 is 0 Å². The van der Waals surface area contributed by atoms with E-state index in [4.69, 9.17) is 9.15 Å². The fraction of sp³-hybridized carbons (Fsp3) is 0.211. The van der Waals surface area contributed by atoms with E-state index < -0.39 is 12.1 Å². The number of carbonyl (C=O) groups is 1. The minimum atomic E-state index is -0.621. The second-order valence-corrected chi connectivity index (χ2v) is 5.73. The third-order valence-electron chi connectivity index (χ3n) is 3.62. The summed E-state index contributed by atoms with van der Waals surface area (Å²) >= 11 is 0. The summed E-state index contributed by atoms with van der Waals surface area (Å²) in [5.74, 6) is 0.260. The van der Waals surface area contributed by atoms with Crippen LogP contribution in [0.2, 0.25) is 0 Å². The first kappa shape index (κ1) is 15.9. The molecule has 0 aliphatic carbocycles. The lowest BCUT2D eigenvalue weighted by molar-refractivity contribution is 0.0280. The van der Waals surface area contributed by atoms with Crippen molar-refractivity contribution in [2.24, 2.45) is 0 Å². The lowest BCUT2D eigenvalue weighted by atomic mass is 10.1. The van der Waals surface area contributed by atoms with Gasteiger partial charge in [-0.15, -0.1) is 10.2 Å². The zero-order valence-corrected chi connectivity index (χ0v) is 13.8. The van der Waals surface area contributed by atoms with Crippen molar-refractivity contribution in [3.8, 4) is 11.5 Å². The van der Waals surface area contributed by atoms with E-state index in [1.807, 2.05) is 50.2 Å². The Morgan fingerprint density at radius 3 is 2.50 bits per heavy atom. The minimum Gasteiger partial charge on any atom is -0.449 e. The topological polar surface area (TPSA) is 65.2 Å². The van der Waals surface area contributed by atoms with Gasteiger partial charge in [0.1, 0.15) is 0 Å². The molecule has 0 saturated heterocycles. The van der Waals surface area contributed by atoms with Crippen LogP contribution in [0, 0.1) is 13.8 Å². The summed E-state index contributed by atoms with van der Waals surface area (Å²) in [4.78, 5) is 12.2. The molecule has 0 unspecified atom stereocenters. The zero-order valence-electron chi connectivity index (χ0n) is 13.8. The smallest absolute Gasteiger partial charge is 0.338 e. The molecule has 24 heavy (non-hydrogen) atoms. The molecule has 1 heterocycles. The number of aryl methyl sites for hydroxylation is 2. The minimum absolute atomic E-state index is 0.270. The Morgan fingerprint density at radius 1 is 1.04 bits per heavy atom. The summed E-state index contributed by atoms with van der Waals surface area (Å²) in [5.41, 5.74) is 3.48. The molecule has 1 atom stereocenters. The molecular weight excluding hydrogens is 304 g/mol. The van der Waals surface area contributed by atoms with Gasteiger partial charge in [0.25, 0.3) is 5.89 Å². The number of benzene rings is 2. The second-order valence-electron chi connectivity index (χ2n) is 5.73. The van der Waals surface area contributed by atoms with Crippen molar-refractivity contribution in [2.45, 2.75) is 26.9 Å². The predicted octanol–water partition coefficient (Wildman–Crippen LogP) is 4.27. The van der Waals surface area contributed by atoms with Gasteiger partial charge in [0.05, 0.1) is 5.56 Å². The maximum Gasteiger partial charge on any atom is 0.338 e. The average Bonchev–Trinajstić information content (AvgIpc) is 3.05. The molecule has 0 bridgehead atoms. The van der Waals surface area contributed by atoms with E-state index in [0.29, 0.717) is 11.5 Å². The van der Waals surface area contributed by atoms with Crippen molar-refractivity contribution >= 4 is 5.97 Å². The van der Waals surface area contributed by atoms with Gasteiger partial charge in [-0.2, -0.15) is 0 Å². The third-order valence-corrected chi connectivity index (χ3v) is 3.62. The van der Waals surface area contributed by atoms with Gasteiger partial charge in [0.2, 0.25) is 5.89 Å². The zero-order chi connectivity index (χ0) is 17.1. The van der Waals surface area contributed by atoms with Gasteiger partial charge in [-0.25, -0.2) is 4.79 Å². The summed E-state index contributed by atoms with van der Waals surface area (Å²) in [5, 5.41) is 8.01. The SMILES string of the molecule is Cc1ccc(-c2nnc([C@H](C)OC(=O)c3cccc(C)c3)o2)cc1. The molecule has 3 aromatic rings. The first-order valence-corrected chi connectivity index (χ1v) is 7.71. The largest absolute Gasteiger partial charge is 0.449 e. The Balaban J connectivity index is 1.73. The van der Waals surface area contributed by atoms with Crippen molar-refractivity contribution in [3.63, 3.8) is 0 Å². The number of carbonyl (C=O) groups excluding carboxylic acids is 1. The van der Waals surface area contributed by atoms with Crippen molar-refractivity contribution in [2.75, 3.05) is 0 Å². The molecule has 0 aliphatic heterocycles. The van der Waals surface area contributed by atoms with Gasteiger partial charge in [-0.1, -0.05) is 35.4 Å². The van der Waals surface area contributed by atoms with E-state index in [1.54, 1.807) is 19.1 Å². The molecule has 3 rings (SSSR count). The van der Waals surface area contributed by atoms with Gasteiger partial charge in [-0.3, -0.25) is 0 Å². The molecule has 2 aromatic carbocycles. The fourth-order valence-corrected chi connectivity index (χ4v) is 2.26. The van der Waals surface area contributed by atoms with E-state index >= 15 is 0 Å². The third kappa shape index (κ3) is 3.51. The second kappa shape index (κ2) is 6.66. The molecule has 1 aromatic heterocycles. The molecule has 0 amide bonds. The van der Waals surface area contributed by atoms with E-state index in [1.165, 1.54) is 0 Å². The molecule has 0 N–H and O–H groups in total. The highest BCUT2D eigenvalue weighted by atomic mass is 16.6. The quantitative estimate of drug-likeness (QED) is 0.671. The first-order chi connectivity index (χ1) is 11.5. The molecular formula is C19H18N2O3. The maximum atomic E-state index is 12.2. The molecule has 0 radical (unpaired) electrons. The van der Waals surface area contributed by atoms with E-state index in [2.05, 4.69) is 10.2 Å². The normalized spacial score (nSPS) is 12.0. The molecule has 0 saturated carbocycles. The van der Waals surface area contributed by atoms with Crippen molar-refractivity contribution in [1.82, 2.24) is 10.2 Å². The van der Waals surface area contributed by atoms with Crippen LogP contribution in [0.25, 0.3) is 11.5 Å². The predicted molar refractivity (Wildman–Crippen MR) is 89.5 cm³/mol. The van der Waals surface area contributed by atoms with Crippen LogP contribution < -0.4 is 0 Å². The Labute approximate surface area is 140 Å². The molecule has 0 fully saturated rings. The van der Waals surface area contributed by atoms with Crippen LogP contribution in [0.15, 0.2) is 52.9 Å². The number of hydrogen-bond acceptors (Lipinski definition) is 5. The van der Waals surface area contributed by atoms with Crippen LogP contribution in [0.1, 0.15) is 40.4 Å². The summed E-state index contributed by atoms with van der Waals surface area (Å²) in [7, 11) is 0. The Bertz CT molecular complexity index is 853. The fourth-order valence-electron chi connectivity index (χ4n) is 2.26. The number of aromatic nitrogens is 2. The summed E-state index contributed by atoms with van der Waals surface area (Å²) in [6.07, 6.45) is -0.621. The number of nitrogens with zero attached hydrogens (tertiary/aromatic N) is 2. The summed E-state index contributed by atoms with van der Waals surface area (Å²) in [6, 6.07) is 15.0. The molecule has 122 valence electrons. The van der Waals surface area contributed by atoms with Crippen LogP contribution in [0.5, 0.6) is 0 Å². The van der Waals surface area contributed by atoms with Crippen LogP contribution in [0.3, 0.4) is 0 Å². The van der Waals surface area contributed by atoms with Gasteiger partial charge in [0.15, 0.2) is 6.10 Å². The van der Waals surface area contributed by atoms with Gasteiger partial charge < -0.3 is 9.15 Å². The highest BCUT2D eigenvalue weighted by Gasteiger charge is 2.20. The molecule has 0 aliphatic rings. The lowest BCUT2D eigenvalue weighted by Gasteiger charge is -2.09. The van der Waals surface area contributed by atoms with Crippen LogP contribution in [0.4, 0.5) is 0 Å². The standard InChI is InChI=1S/C19H18N2O3/c1-12-7-9-15(10-8-12)18-21-20-17(24-18)14(3)23-19(22)16-6-4-5-13(2)11-16/h4-11,14H,1-3H3/t14-/m0/s1.